The van der Waals surface area contributed by atoms with Crippen LogP contribution >= 0.6 is 0 Å². The standard InChI is InChI=1S/C13H23N3/c1-10-9-16(12(14-4)15-10)11-6-5-7-13(2,3)8-11/h9,11H,5-8H2,1-4H3,(H,14,15). The molecule has 1 saturated carbocycles. The Balaban J connectivity index is 2.22. The van der Waals surface area contributed by atoms with Crippen LogP contribution in [0.5, 0.6) is 0 Å². The lowest BCUT2D eigenvalue weighted by Gasteiger charge is -2.36. The van der Waals surface area contributed by atoms with Crippen LogP contribution in [0.25, 0.3) is 0 Å². The van der Waals surface area contributed by atoms with Gasteiger partial charge in [-0.15, -0.1) is 0 Å². The smallest absolute Gasteiger partial charge is 0.203 e. The van der Waals surface area contributed by atoms with Gasteiger partial charge in [-0.05, 0) is 31.6 Å². The summed E-state index contributed by atoms with van der Waals surface area (Å²) in [6.07, 6.45) is 7.41. The molecule has 2 rings (SSSR count). The summed E-state index contributed by atoms with van der Waals surface area (Å²) in [5.74, 6) is 1.01. The van der Waals surface area contributed by atoms with Gasteiger partial charge in [-0.25, -0.2) is 4.98 Å². The number of hydrogen-bond donors (Lipinski definition) is 1. The molecule has 90 valence electrons. The van der Waals surface area contributed by atoms with E-state index in [1.165, 1.54) is 25.7 Å². The first-order chi connectivity index (χ1) is 7.52. The van der Waals surface area contributed by atoms with Crippen molar-refractivity contribution < 1.29 is 0 Å². The molecule has 0 spiro atoms. The predicted octanol–water partition coefficient (Wildman–Crippen LogP) is 3.37. The third-order valence-electron chi connectivity index (χ3n) is 3.65. The molecule has 1 unspecified atom stereocenters. The summed E-state index contributed by atoms with van der Waals surface area (Å²) in [4.78, 5) is 4.50. The van der Waals surface area contributed by atoms with Gasteiger partial charge in [0, 0.05) is 19.3 Å². The topological polar surface area (TPSA) is 29.9 Å². The molecule has 0 amide bonds. The molecule has 1 aliphatic carbocycles. The minimum Gasteiger partial charge on any atom is -0.359 e. The van der Waals surface area contributed by atoms with Crippen LogP contribution in [0.3, 0.4) is 0 Å². The monoisotopic (exact) mass is 221 g/mol. The van der Waals surface area contributed by atoms with Crippen molar-refractivity contribution in [1.82, 2.24) is 9.55 Å². The molecule has 1 aromatic heterocycles. The van der Waals surface area contributed by atoms with Crippen molar-refractivity contribution in [2.75, 3.05) is 12.4 Å². The lowest BCUT2D eigenvalue weighted by Crippen LogP contribution is -2.25. The van der Waals surface area contributed by atoms with E-state index in [0.29, 0.717) is 11.5 Å². The first-order valence-corrected chi connectivity index (χ1v) is 6.25. The van der Waals surface area contributed by atoms with Gasteiger partial charge >= 0.3 is 0 Å². The number of aryl methyl sites for hydroxylation is 1. The second kappa shape index (κ2) is 4.11. The fraction of sp³-hybridized carbons (Fsp3) is 0.769. The fourth-order valence-electron chi connectivity index (χ4n) is 2.88. The summed E-state index contributed by atoms with van der Waals surface area (Å²) < 4.78 is 2.33. The van der Waals surface area contributed by atoms with E-state index in [4.69, 9.17) is 0 Å². The van der Waals surface area contributed by atoms with Crippen LogP contribution in [0.2, 0.25) is 0 Å². The zero-order valence-corrected chi connectivity index (χ0v) is 10.9. The highest BCUT2D eigenvalue weighted by atomic mass is 15.2. The van der Waals surface area contributed by atoms with E-state index in [0.717, 1.165) is 11.6 Å². The highest BCUT2D eigenvalue weighted by Crippen LogP contribution is 2.41. The Bertz CT molecular complexity index is 365. The SMILES string of the molecule is CNc1nc(C)cn1C1CCCC(C)(C)C1. The van der Waals surface area contributed by atoms with Crippen LogP contribution < -0.4 is 5.32 Å². The maximum atomic E-state index is 4.50. The third kappa shape index (κ3) is 2.23. The number of nitrogens with zero attached hydrogens (tertiary/aromatic N) is 2. The average Bonchev–Trinajstić information content (AvgIpc) is 2.58. The Morgan fingerprint density at radius 3 is 2.88 bits per heavy atom. The molecule has 1 aliphatic rings. The molecule has 1 atom stereocenters. The van der Waals surface area contributed by atoms with Gasteiger partial charge in [0.1, 0.15) is 0 Å². The maximum Gasteiger partial charge on any atom is 0.203 e. The van der Waals surface area contributed by atoms with Crippen molar-refractivity contribution in [3.63, 3.8) is 0 Å². The molecule has 1 N–H and O–H groups in total. The molecule has 0 radical (unpaired) electrons. The van der Waals surface area contributed by atoms with Gasteiger partial charge in [-0.3, -0.25) is 0 Å². The molecular weight excluding hydrogens is 198 g/mol. The predicted molar refractivity (Wildman–Crippen MR) is 67.8 cm³/mol. The van der Waals surface area contributed by atoms with E-state index in [1.54, 1.807) is 0 Å². The second-order valence-corrected chi connectivity index (χ2v) is 5.78. The van der Waals surface area contributed by atoms with Crippen molar-refractivity contribution in [1.29, 1.82) is 0 Å². The van der Waals surface area contributed by atoms with Crippen molar-refractivity contribution in [2.24, 2.45) is 5.41 Å². The summed E-state index contributed by atoms with van der Waals surface area (Å²) >= 11 is 0. The van der Waals surface area contributed by atoms with E-state index in [2.05, 4.69) is 41.8 Å². The summed E-state index contributed by atoms with van der Waals surface area (Å²) in [5.41, 5.74) is 1.58. The molecule has 0 aliphatic heterocycles. The summed E-state index contributed by atoms with van der Waals surface area (Å²) in [5, 5.41) is 3.19. The van der Waals surface area contributed by atoms with Gasteiger partial charge < -0.3 is 9.88 Å². The zero-order chi connectivity index (χ0) is 11.8. The third-order valence-corrected chi connectivity index (χ3v) is 3.65. The molecule has 0 saturated heterocycles. The van der Waals surface area contributed by atoms with Crippen LogP contribution in [0.15, 0.2) is 6.20 Å². The summed E-state index contributed by atoms with van der Waals surface area (Å²) in [7, 11) is 1.95. The largest absolute Gasteiger partial charge is 0.359 e. The van der Waals surface area contributed by atoms with Crippen molar-refractivity contribution in [2.45, 2.75) is 52.5 Å². The minimum absolute atomic E-state index is 0.478. The van der Waals surface area contributed by atoms with Crippen LogP contribution in [0.4, 0.5) is 5.95 Å². The molecule has 1 aromatic rings. The highest BCUT2D eigenvalue weighted by molar-refractivity contribution is 5.28. The highest BCUT2D eigenvalue weighted by Gasteiger charge is 2.29. The Morgan fingerprint density at radius 1 is 1.50 bits per heavy atom. The number of aromatic nitrogens is 2. The van der Waals surface area contributed by atoms with E-state index >= 15 is 0 Å². The molecular formula is C13H23N3. The van der Waals surface area contributed by atoms with Gasteiger partial charge in [-0.1, -0.05) is 20.3 Å². The van der Waals surface area contributed by atoms with E-state index in [-0.39, 0.29) is 0 Å². The van der Waals surface area contributed by atoms with Crippen molar-refractivity contribution >= 4 is 5.95 Å². The Hall–Kier alpha value is -0.990. The van der Waals surface area contributed by atoms with Gasteiger partial charge in [-0.2, -0.15) is 0 Å². The Labute approximate surface area is 98.3 Å². The number of hydrogen-bond acceptors (Lipinski definition) is 2. The van der Waals surface area contributed by atoms with Crippen LogP contribution in [-0.4, -0.2) is 16.6 Å². The van der Waals surface area contributed by atoms with Crippen molar-refractivity contribution in [3.05, 3.63) is 11.9 Å². The molecule has 3 heteroatoms. The van der Waals surface area contributed by atoms with Crippen LogP contribution in [-0.2, 0) is 0 Å². The van der Waals surface area contributed by atoms with Gasteiger partial charge in [0.25, 0.3) is 0 Å². The first-order valence-electron chi connectivity index (χ1n) is 6.25. The number of rotatable bonds is 2. The maximum absolute atomic E-state index is 4.50. The zero-order valence-electron chi connectivity index (χ0n) is 10.9. The number of anilines is 1. The normalized spacial score (nSPS) is 24.4. The lowest BCUT2D eigenvalue weighted by molar-refractivity contribution is 0.184. The van der Waals surface area contributed by atoms with E-state index in [1.807, 2.05) is 7.05 Å². The van der Waals surface area contributed by atoms with Crippen molar-refractivity contribution in [3.8, 4) is 0 Å². The molecule has 1 fully saturated rings. The minimum atomic E-state index is 0.478. The average molecular weight is 221 g/mol. The molecule has 3 nitrogen and oxygen atoms in total. The van der Waals surface area contributed by atoms with Crippen LogP contribution in [0, 0.1) is 12.3 Å². The first kappa shape index (κ1) is 11.5. The summed E-state index contributed by atoms with van der Waals surface area (Å²) in [6.45, 7) is 6.81. The van der Waals surface area contributed by atoms with Crippen LogP contribution in [0.1, 0.15) is 51.3 Å². The lowest BCUT2D eigenvalue weighted by atomic mass is 9.75. The Kier molecular flexibility index (Phi) is 2.96. The Morgan fingerprint density at radius 2 is 2.25 bits per heavy atom. The number of imidazole rings is 1. The molecule has 0 bridgehead atoms. The molecule has 1 heterocycles. The molecule has 0 aromatic carbocycles. The summed E-state index contributed by atoms with van der Waals surface area (Å²) in [6, 6.07) is 0.618. The van der Waals surface area contributed by atoms with Gasteiger partial charge in [0.05, 0.1) is 5.69 Å². The van der Waals surface area contributed by atoms with E-state index in [9.17, 15) is 0 Å². The fourth-order valence-corrected chi connectivity index (χ4v) is 2.88. The second-order valence-electron chi connectivity index (χ2n) is 5.78. The molecule has 16 heavy (non-hydrogen) atoms. The van der Waals surface area contributed by atoms with E-state index < -0.39 is 0 Å². The van der Waals surface area contributed by atoms with Gasteiger partial charge in [0.15, 0.2) is 0 Å². The number of nitrogens with one attached hydrogen (secondary N) is 1. The quantitative estimate of drug-likeness (QED) is 0.829. The van der Waals surface area contributed by atoms with Gasteiger partial charge in [0.2, 0.25) is 5.95 Å².